The molecule has 0 aliphatic carbocycles. The number of halogens is 2. The molecule has 0 spiro atoms. The monoisotopic (exact) mass is 321 g/mol. The number of nitrogens with zero attached hydrogens (tertiary/aromatic N) is 1. The smallest absolute Gasteiger partial charge is 0.341 e. The summed E-state index contributed by atoms with van der Waals surface area (Å²) in [5.41, 5.74) is 0.583. The second-order valence-corrected chi connectivity index (χ2v) is 6.65. The van der Waals surface area contributed by atoms with Crippen molar-refractivity contribution in [3.8, 4) is 0 Å². The van der Waals surface area contributed by atoms with Gasteiger partial charge >= 0.3 is 11.7 Å². The van der Waals surface area contributed by atoms with Gasteiger partial charge < -0.3 is 10.0 Å². The molecule has 0 bridgehead atoms. The SMILES string of the molecule is CC(C)N(CCC(=O)O)c1ccc(S(=O)(=O)C(F)F)cc1. The van der Waals surface area contributed by atoms with Crippen molar-refractivity contribution in [1.82, 2.24) is 0 Å². The number of sulfone groups is 1. The Kier molecular flexibility index (Phi) is 5.65. The molecule has 0 atom stereocenters. The van der Waals surface area contributed by atoms with Gasteiger partial charge in [-0.05, 0) is 38.1 Å². The third-order valence-corrected chi connectivity index (χ3v) is 4.32. The van der Waals surface area contributed by atoms with Gasteiger partial charge in [0.15, 0.2) is 0 Å². The number of rotatable bonds is 7. The van der Waals surface area contributed by atoms with Crippen LogP contribution in [-0.2, 0) is 14.6 Å². The summed E-state index contributed by atoms with van der Waals surface area (Å²) in [6, 6.07) is 5.00. The first-order chi connectivity index (χ1) is 9.66. The van der Waals surface area contributed by atoms with Gasteiger partial charge in [0.25, 0.3) is 0 Å². The number of aliphatic carboxylic acids is 1. The first-order valence-electron chi connectivity index (χ1n) is 6.26. The molecule has 1 aromatic rings. The van der Waals surface area contributed by atoms with Crippen molar-refractivity contribution in [2.24, 2.45) is 0 Å². The average molecular weight is 321 g/mol. The van der Waals surface area contributed by atoms with Gasteiger partial charge in [0.1, 0.15) is 0 Å². The van der Waals surface area contributed by atoms with E-state index >= 15 is 0 Å². The van der Waals surface area contributed by atoms with Gasteiger partial charge in [0, 0.05) is 18.3 Å². The summed E-state index contributed by atoms with van der Waals surface area (Å²) >= 11 is 0. The minimum atomic E-state index is -4.61. The van der Waals surface area contributed by atoms with Crippen molar-refractivity contribution in [2.75, 3.05) is 11.4 Å². The van der Waals surface area contributed by atoms with Crippen molar-refractivity contribution in [3.05, 3.63) is 24.3 Å². The zero-order valence-corrected chi connectivity index (χ0v) is 12.5. The summed E-state index contributed by atoms with van der Waals surface area (Å²) < 4.78 is 47.5. The molecule has 0 unspecified atom stereocenters. The molecule has 0 saturated carbocycles. The van der Waals surface area contributed by atoms with Crippen LogP contribution in [0.5, 0.6) is 0 Å². The molecule has 0 amide bonds. The van der Waals surface area contributed by atoms with Gasteiger partial charge in [-0.25, -0.2) is 8.42 Å². The predicted octanol–water partition coefficient (Wildman–Crippen LogP) is 2.37. The van der Waals surface area contributed by atoms with Crippen molar-refractivity contribution < 1.29 is 27.1 Å². The van der Waals surface area contributed by atoms with E-state index in [1.54, 1.807) is 4.90 Å². The van der Waals surface area contributed by atoms with Gasteiger partial charge in [0.2, 0.25) is 9.84 Å². The number of benzene rings is 1. The lowest BCUT2D eigenvalue weighted by molar-refractivity contribution is -0.136. The van der Waals surface area contributed by atoms with Gasteiger partial charge in [-0.2, -0.15) is 8.78 Å². The molecule has 21 heavy (non-hydrogen) atoms. The van der Waals surface area contributed by atoms with Gasteiger partial charge in [0.05, 0.1) is 11.3 Å². The average Bonchev–Trinajstić information content (AvgIpc) is 2.38. The molecule has 0 radical (unpaired) electrons. The van der Waals surface area contributed by atoms with Gasteiger partial charge in [-0.1, -0.05) is 0 Å². The Morgan fingerprint density at radius 2 is 1.76 bits per heavy atom. The van der Waals surface area contributed by atoms with Crippen LogP contribution in [0.2, 0.25) is 0 Å². The second kappa shape index (κ2) is 6.84. The zero-order chi connectivity index (χ0) is 16.2. The first kappa shape index (κ1) is 17.4. The quantitative estimate of drug-likeness (QED) is 0.834. The standard InChI is InChI=1S/C13H17F2NO4S/c1-9(2)16(8-7-12(17)18)10-3-5-11(6-4-10)21(19,20)13(14)15/h3-6,9,13H,7-8H2,1-2H3,(H,17,18). The minimum absolute atomic E-state index is 0.0121. The molecule has 0 aliphatic rings. The minimum Gasteiger partial charge on any atom is -0.481 e. The number of anilines is 1. The fraction of sp³-hybridized carbons (Fsp3) is 0.462. The van der Waals surface area contributed by atoms with Crippen LogP contribution < -0.4 is 4.90 Å². The Labute approximate surface area is 122 Å². The van der Waals surface area contributed by atoms with Crippen LogP contribution in [0, 0.1) is 0 Å². The van der Waals surface area contributed by atoms with E-state index in [-0.39, 0.29) is 19.0 Å². The number of carboxylic acids is 1. The Bertz CT molecular complexity index is 585. The highest BCUT2D eigenvalue weighted by Gasteiger charge is 2.26. The predicted molar refractivity (Wildman–Crippen MR) is 74.4 cm³/mol. The molecule has 0 heterocycles. The summed E-state index contributed by atoms with van der Waals surface area (Å²) in [7, 11) is -4.61. The molecule has 0 aliphatic heterocycles. The van der Waals surface area contributed by atoms with Crippen molar-refractivity contribution in [1.29, 1.82) is 0 Å². The molecular weight excluding hydrogens is 304 g/mol. The first-order valence-corrected chi connectivity index (χ1v) is 7.81. The van der Waals surface area contributed by atoms with E-state index in [0.717, 1.165) is 12.1 Å². The Balaban J connectivity index is 3.01. The van der Waals surface area contributed by atoms with E-state index in [0.29, 0.717) is 5.69 Å². The van der Waals surface area contributed by atoms with Gasteiger partial charge in [-0.3, -0.25) is 4.79 Å². The number of hydrogen-bond acceptors (Lipinski definition) is 4. The van der Waals surface area contributed by atoms with E-state index in [4.69, 9.17) is 5.11 Å². The lowest BCUT2D eigenvalue weighted by atomic mass is 10.2. The van der Waals surface area contributed by atoms with Crippen LogP contribution in [0.1, 0.15) is 20.3 Å². The lowest BCUT2D eigenvalue weighted by Crippen LogP contribution is -2.32. The Morgan fingerprint density at radius 1 is 1.24 bits per heavy atom. The summed E-state index contributed by atoms with van der Waals surface area (Å²) in [6.07, 6.45) is -0.0741. The Hall–Kier alpha value is -1.70. The number of carbonyl (C=O) groups is 1. The largest absolute Gasteiger partial charge is 0.481 e. The van der Waals surface area contributed by atoms with E-state index in [1.807, 2.05) is 13.8 Å². The van der Waals surface area contributed by atoms with Crippen molar-refractivity contribution in [2.45, 2.75) is 37.0 Å². The fourth-order valence-corrected chi connectivity index (χ4v) is 2.55. The highest BCUT2D eigenvalue weighted by molar-refractivity contribution is 7.91. The fourth-order valence-electron chi connectivity index (χ4n) is 1.83. The highest BCUT2D eigenvalue weighted by Crippen LogP contribution is 2.23. The number of hydrogen-bond donors (Lipinski definition) is 1. The topological polar surface area (TPSA) is 74.7 Å². The molecule has 0 aromatic heterocycles. The Morgan fingerprint density at radius 3 is 2.14 bits per heavy atom. The van der Waals surface area contributed by atoms with Crippen LogP contribution in [0.3, 0.4) is 0 Å². The maximum Gasteiger partial charge on any atom is 0.341 e. The van der Waals surface area contributed by atoms with Crippen LogP contribution in [0.15, 0.2) is 29.2 Å². The number of alkyl halides is 2. The third kappa shape index (κ3) is 4.38. The molecular formula is C13H17F2NO4S. The summed E-state index contributed by atoms with van der Waals surface area (Å²) in [5.74, 6) is -4.41. The molecule has 0 saturated heterocycles. The molecule has 1 rings (SSSR count). The summed E-state index contributed by atoms with van der Waals surface area (Å²) in [4.78, 5) is 11.9. The summed E-state index contributed by atoms with van der Waals surface area (Å²) in [5, 5.41) is 8.71. The van der Waals surface area contributed by atoms with Crippen LogP contribution >= 0.6 is 0 Å². The maximum absolute atomic E-state index is 12.4. The van der Waals surface area contributed by atoms with Crippen molar-refractivity contribution in [3.63, 3.8) is 0 Å². The van der Waals surface area contributed by atoms with E-state index in [2.05, 4.69) is 0 Å². The molecule has 1 aromatic carbocycles. The number of carboxylic acid groups (broad SMARTS) is 1. The van der Waals surface area contributed by atoms with Crippen molar-refractivity contribution >= 4 is 21.5 Å². The van der Waals surface area contributed by atoms with Crippen LogP contribution in [0.25, 0.3) is 0 Å². The molecule has 5 nitrogen and oxygen atoms in total. The molecule has 118 valence electrons. The van der Waals surface area contributed by atoms with E-state index < -0.39 is 26.5 Å². The summed E-state index contributed by atoms with van der Waals surface area (Å²) in [6.45, 7) is 3.95. The van der Waals surface area contributed by atoms with Crippen LogP contribution in [0.4, 0.5) is 14.5 Å². The third-order valence-electron chi connectivity index (χ3n) is 2.92. The molecule has 8 heteroatoms. The highest BCUT2D eigenvalue weighted by atomic mass is 32.2. The van der Waals surface area contributed by atoms with E-state index in [1.165, 1.54) is 12.1 Å². The molecule has 0 fully saturated rings. The van der Waals surface area contributed by atoms with Crippen LogP contribution in [-0.4, -0.2) is 37.8 Å². The molecule has 1 N–H and O–H groups in total. The van der Waals surface area contributed by atoms with Gasteiger partial charge in [-0.15, -0.1) is 0 Å². The zero-order valence-electron chi connectivity index (χ0n) is 11.7. The second-order valence-electron chi connectivity index (χ2n) is 4.73. The van der Waals surface area contributed by atoms with E-state index in [9.17, 15) is 22.0 Å². The normalized spacial score (nSPS) is 11.9. The lowest BCUT2D eigenvalue weighted by Gasteiger charge is -2.28. The maximum atomic E-state index is 12.4.